The first-order valence-electron chi connectivity index (χ1n) is 8.54. The Labute approximate surface area is 159 Å². The second-order valence-corrected chi connectivity index (χ2v) is 7.49. The van der Waals surface area contributed by atoms with Gasteiger partial charge in [-0.1, -0.05) is 13.3 Å². The quantitative estimate of drug-likeness (QED) is 0.640. The summed E-state index contributed by atoms with van der Waals surface area (Å²) in [5.41, 5.74) is 0.829. The summed E-state index contributed by atoms with van der Waals surface area (Å²) in [6.07, 6.45) is 1.91. The van der Waals surface area contributed by atoms with Crippen molar-refractivity contribution in [2.24, 2.45) is 0 Å². The first kappa shape index (κ1) is 20.6. The van der Waals surface area contributed by atoms with Gasteiger partial charge in [-0.05, 0) is 42.8 Å². The van der Waals surface area contributed by atoms with Crippen LogP contribution in [0.3, 0.4) is 0 Å². The number of benzene rings is 2. The summed E-state index contributed by atoms with van der Waals surface area (Å²) in [5.74, 6) is 0.576. The van der Waals surface area contributed by atoms with Crippen molar-refractivity contribution in [3.8, 4) is 11.5 Å². The van der Waals surface area contributed by atoms with Crippen LogP contribution in [0.4, 0.5) is 5.69 Å². The van der Waals surface area contributed by atoms with Crippen LogP contribution in [-0.2, 0) is 10.0 Å². The molecule has 146 valence electrons. The average Bonchev–Trinajstić information content (AvgIpc) is 2.67. The molecule has 7 nitrogen and oxygen atoms in total. The van der Waals surface area contributed by atoms with Crippen LogP contribution >= 0.6 is 0 Å². The Kier molecular flexibility index (Phi) is 7.06. The van der Waals surface area contributed by atoms with Crippen LogP contribution in [0, 0.1) is 0 Å². The summed E-state index contributed by atoms with van der Waals surface area (Å²) in [7, 11) is -0.895. The highest BCUT2D eigenvalue weighted by Crippen LogP contribution is 2.30. The molecule has 0 spiro atoms. The minimum Gasteiger partial charge on any atom is -0.493 e. The number of hydrogen-bond donors (Lipinski definition) is 2. The highest BCUT2D eigenvalue weighted by molar-refractivity contribution is 7.92. The molecule has 2 N–H and O–H groups in total. The average molecular weight is 392 g/mol. The van der Waals surface area contributed by atoms with Gasteiger partial charge in [0.1, 0.15) is 0 Å². The molecule has 2 aromatic rings. The molecule has 0 aliphatic carbocycles. The number of amides is 1. The first-order chi connectivity index (χ1) is 12.9. The van der Waals surface area contributed by atoms with Crippen molar-refractivity contribution in [1.29, 1.82) is 0 Å². The topological polar surface area (TPSA) is 93.7 Å². The Morgan fingerprint density at radius 3 is 2.26 bits per heavy atom. The van der Waals surface area contributed by atoms with Crippen molar-refractivity contribution in [2.45, 2.75) is 24.7 Å². The van der Waals surface area contributed by atoms with E-state index >= 15 is 0 Å². The Balaban J connectivity index is 2.12. The molecule has 0 saturated carbocycles. The third kappa shape index (κ3) is 5.37. The van der Waals surface area contributed by atoms with Gasteiger partial charge in [-0.15, -0.1) is 0 Å². The summed E-state index contributed by atoms with van der Waals surface area (Å²) in [6, 6.07) is 10.6. The van der Waals surface area contributed by atoms with Crippen LogP contribution in [0.5, 0.6) is 11.5 Å². The second-order valence-electron chi connectivity index (χ2n) is 5.81. The van der Waals surface area contributed by atoms with Crippen molar-refractivity contribution in [2.75, 3.05) is 25.5 Å². The fourth-order valence-corrected chi connectivity index (χ4v) is 3.44. The van der Waals surface area contributed by atoms with Gasteiger partial charge in [0.05, 0.1) is 19.1 Å². The molecule has 0 saturated heterocycles. The van der Waals surface area contributed by atoms with E-state index in [4.69, 9.17) is 9.47 Å². The Bertz CT molecular complexity index is 879. The van der Waals surface area contributed by atoms with Crippen LogP contribution in [0.2, 0.25) is 0 Å². The van der Waals surface area contributed by atoms with Crippen LogP contribution in [0.1, 0.15) is 30.1 Å². The van der Waals surface area contributed by atoms with E-state index in [0.29, 0.717) is 29.3 Å². The summed E-state index contributed by atoms with van der Waals surface area (Å²) < 4.78 is 37.9. The molecule has 0 fully saturated rings. The lowest BCUT2D eigenvalue weighted by Gasteiger charge is -2.12. The first-order valence-corrected chi connectivity index (χ1v) is 10.0. The van der Waals surface area contributed by atoms with Gasteiger partial charge in [0, 0.05) is 23.9 Å². The van der Waals surface area contributed by atoms with E-state index in [0.717, 1.165) is 12.8 Å². The number of anilines is 1. The minimum absolute atomic E-state index is 0.0431. The Morgan fingerprint density at radius 2 is 1.67 bits per heavy atom. The molecule has 0 aliphatic heterocycles. The fraction of sp³-hybridized carbons (Fsp3) is 0.316. The molecule has 27 heavy (non-hydrogen) atoms. The fourth-order valence-electron chi connectivity index (χ4n) is 2.37. The molecule has 0 atom stereocenters. The van der Waals surface area contributed by atoms with E-state index in [1.54, 1.807) is 24.3 Å². The number of hydrogen-bond acceptors (Lipinski definition) is 5. The number of carbonyl (C=O) groups excluding carboxylic acids is 1. The predicted molar refractivity (Wildman–Crippen MR) is 104 cm³/mol. The van der Waals surface area contributed by atoms with Crippen molar-refractivity contribution in [3.63, 3.8) is 0 Å². The van der Waals surface area contributed by atoms with Gasteiger partial charge in [0.15, 0.2) is 11.5 Å². The highest BCUT2D eigenvalue weighted by atomic mass is 32.2. The zero-order valence-corrected chi connectivity index (χ0v) is 16.4. The smallest absolute Gasteiger partial charge is 0.262 e. The van der Waals surface area contributed by atoms with Gasteiger partial charge in [-0.2, -0.15) is 0 Å². The molecule has 2 aromatic carbocycles. The number of methoxy groups -OCH3 is 2. The van der Waals surface area contributed by atoms with Gasteiger partial charge < -0.3 is 14.8 Å². The monoisotopic (exact) mass is 392 g/mol. The van der Waals surface area contributed by atoms with Gasteiger partial charge in [-0.25, -0.2) is 8.42 Å². The van der Waals surface area contributed by atoms with E-state index < -0.39 is 10.0 Å². The summed E-state index contributed by atoms with van der Waals surface area (Å²) in [6.45, 7) is 2.66. The number of nitrogens with one attached hydrogen (secondary N) is 2. The third-order valence-electron chi connectivity index (χ3n) is 3.88. The number of rotatable bonds is 9. The van der Waals surface area contributed by atoms with Crippen molar-refractivity contribution in [3.05, 3.63) is 48.0 Å². The van der Waals surface area contributed by atoms with E-state index in [1.807, 2.05) is 6.92 Å². The molecule has 0 heterocycles. The Hall–Kier alpha value is -2.74. The number of sulfonamides is 1. The van der Waals surface area contributed by atoms with Crippen molar-refractivity contribution in [1.82, 2.24) is 5.32 Å². The zero-order chi connectivity index (χ0) is 19.9. The maximum Gasteiger partial charge on any atom is 0.262 e. The van der Waals surface area contributed by atoms with E-state index in [-0.39, 0.29) is 10.8 Å². The largest absolute Gasteiger partial charge is 0.493 e. The lowest BCUT2D eigenvalue weighted by Crippen LogP contribution is -2.24. The minimum atomic E-state index is -3.81. The molecular weight excluding hydrogens is 368 g/mol. The molecule has 8 heteroatoms. The van der Waals surface area contributed by atoms with Crippen LogP contribution in [0.25, 0.3) is 0 Å². The summed E-state index contributed by atoms with van der Waals surface area (Å²) >= 11 is 0. The maximum absolute atomic E-state index is 12.6. The van der Waals surface area contributed by atoms with Gasteiger partial charge in [0.25, 0.3) is 15.9 Å². The van der Waals surface area contributed by atoms with Gasteiger partial charge in [-0.3, -0.25) is 9.52 Å². The number of unbranched alkanes of at least 4 members (excludes halogenated alkanes) is 1. The van der Waals surface area contributed by atoms with E-state index in [9.17, 15) is 13.2 Å². The SMILES string of the molecule is CCCCNC(=O)c1ccc(NS(=O)(=O)c2ccc(OC)c(OC)c2)cc1. The van der Waals surface area contributed by atoms with Crippen LogP contribution < -0.4 is 19.5 Å². The zero-order valence-electron chi connectivity index (χ0n) is 15.6. The molecule has 0 radical (unpaired) electrons. The normalized spacial score (nSPS) is 10.9. The molecule has 0 aromatic heterocycles. The van der Waals surface area contributed by atoms with Crippen LogP contribution in [0.15, 0.2) is 47.4 Å². The van der Waals surface area contributed by atoms with Crippen molar-refractivity contribution >= 4 is 21.6 Å². The molecule has 0 unspecified atom stereocenters. The molecule has 0 bridgehead atoms. The standard InChI is InChI=1S/C19H24N2O5S/c1-4-5-12-20-19(22)14-6-8-15(9-7-14)21-27(23,24)16-10-11-17(25-2)18(13-16)26-3/h6-11,13,21H,4-5,12H2,1-3H3,(H,20,22). The highest BCUT2D eigenvalue weighted by Gasteiger charge is 2.17. The lowest BCUT2D eigenvalue weighted by atomic mass is 10.2. The van der Waals surface area contributed by atoms with Crippen molar-refractivity contribution < 1.29 is 22.7 Å². The van der Waals surface area contributed by atoms with Gasteiger partial charge >= 0.3 is 0 Å². The molecule has 0 aliphatic rings. The second kappa shape index (κ2) is 9.27. The molecule has 2 rings (SSSR count). The summed E-state index contributed by atoms with van der Waals surface area (Å²) in [5, 5.41) is 2.81. The summed E-state index contributed by atoms with van der Waals surface area (Å²) in [4.78, 5) is 12.0. The maximum atomic E-state index is 12.6. The van der Waals surface area contributed by atoms with Gasteiger partial charge in [0.2, 0.25) is 0 Å². The number of carbonyl (C=O) groups is 1. The molecular formula is C19H24N2O5S. The van der Waals surface area contributed by atoms with E-state index in [2.05, 4.69) is 10.0 Å². The van der Waals surface area contributed by atoms with Crippen LogP contribution in [-0.4, -0.2) is 35.1 Å². The lowest BCUT2D eigenvalue weighted by molar-refractivity contribution is 0.0953. The molecule has 1 amide bonds. The number of ether oxygens (including phenoxy) is 2. The third-order valence-corrected chi connectivity index (χ3v) is 5.26. The predicted octanol–water partition coefficient (Wildman–Crippen LogP) is 3.03. The van der Waals surface area contributed by atoms with E-state index in [1.165, 1.54) is 32.4 Å². The Morgan fingerprint density at radius 1 is 1.00 bits per heavy atom.